The lowest BCUT2D eigenvalue weighted by molar-refractivity contribution is -0.136. The summed E-state index contributed by atoms with van der Waals surface area (Å²) in [4.78, 5) is 10.6. The SMILES string of the molecule is O=C(O)Cc1ccc(-n2cc(-c3cc(F)ccc3F)nn2)cc1. The molecule has 0 spiro atoms. The first kappa shape index (κ1) is 14.8. The Hall–Kier alpha value is -3.09. The molecule has 0 bridgehead atoms. The van der Waals surface area contributed by atoms with Crippen molar-refractivity contribution in [3.8, 4) is 16.9 Å². The molecule has 3 aromatic rings. The van der Waals surface area contributed by atoms with Gasteiger partial charge in [-0.05, 0) is 35.9 Å². The maximum Gasteiger partial charge on any atom is 0.307 e. The van der Waals surface area contributed by atoms with Crippen molar-refractivity contribution in [2.45, 2.75) is 6.42 Å². The summed E-state index contributed by atoms with van der Waals surface area (Å²) in [7, 11) is 0. The van der Waals surface area contributed by atoms with E-state index in [4.69, 9.17) is 5.11 Å². The van der Waals surface area contributed by atoms with Gasteiger partial charge in [-0.3, -0.25) is 4.79 Å². The van der Waals surface area contributed by atoms with Gasteiger partial charge < -0.3 is 5.11 Å². The first-order chi connectivity index (χ1) is 11.0. The molecule has 0 unspecified atom stereocenters. The molecule has 0 amide bonds. The van der Waals surface area contributed by atoms with Crippen molar-refractivity contribution in [2.75, 3.05) is 0 Å². The highest BCUT2D eigenvalue weighted by Crippen LogP contribution is 2.22. The molecule has 1 heterocycles. The van der Waals surface area contributed by atoms with Gasteiger partial charge >= 0.3 is 5.97 Å². The molecule has 23 heavy (non-hydrogen) atoms. The van der Waals surface area contributed by atoms with E-state index in [-0.39, 0.29) is 17.7 Å². The lowest BCUT2D eigenvalue weighted by Crippen LogP contribution is -2.00. The van der Waals surface area contributed by atoms with Gasteiger partial charge in [-0.2, -0.15) is 0 Å². The molecule has 0 fully saturated rings. The Bertz CT molecular complexity index is 860. The second-order valence-electron chi connectivity index (χ2n) is 4.91. The topological polar surface area (TPSA) is 68.0 Å². The van der Waals surface area contributed by atoms with Crippen molar-refractivity contribution < 1.29 is 18.7 Å². The monoisotopic (exact) mass is 315 g/mol. The molecule has 5 nitrogen and oxygen atoms in total. The third kappa shape index (κ3) is 3.23. The molecule has 2 aromatic carbocycles. The largest absolute Gasteiger partial charge is 0.481 e. The summed E-state index contributed by atoms with van der Waals surface area (Å²) >= 11 is 0. The fourth-order valence-electron chi connectivity index (χ4n) is 2.15. The van der Waals surface area contributed by atoms with Crippen molar-refractivity contribution in [3.63, 3.8) is 0 Å². The first-order valence-corrected chi connectivity index (χ1v) is 6.72. The molecule has 0 aliphatic carbocycles. The van der Waals surface area contributed by atoms with Gasteiger partial charge in [0.05, 0.1) is 18.3 Å². The van der Waals surface area contributed by atoms with Crippen molar-refractivity contribution in [1.82, 2.24) is 15.0 Å². The Balaban J connectivity index is 1.89. The summed E-state index contributed by atoms with van der Waals surface area (Å²) < 4.78 is 28.4. The molecular formula is C16H11F2N3O2. The fraction of sp³-hybridized carbons (Fsp3) is 0.0625. The number of nitrogens with zero attached hydrogens (tertiary/aromatic N) is 3. The molecule has 0 aliphatic heterocycles. The van der Waals surface area contributed by atoms with Crippen LogP contribution in [0.1, 0.15) is 5.56 Å². The van der Waals surface area contributed by atoms with Gasteiger partial charge in [-0.25, -0.2) is 13.5 Å². The van der Waals surface area contributed by atoms with Crippen LogP contribution in [0, 0.1) is 11.6 Å². The normalized spacial score (nSPS) is 10.7. The van der Waals surface area contributed by atoms with Crippen LogP contribution in [0.2, 0.25) is 0 Å². The van der Waals surface area contributed by atoms with E-state index in [1.54, 1.807) is 24.3 Å². The minimum Gasteiger partial charge on any atom is -0.481 e. The van der Waals surface area contributed by atoms with Gasteiger partial charge in [0.2, 0.25) is 0 Å². The Morgan fingerprint density at radius 2 is 1.87 bits per heavy atom. The van der Waals surface area contributed by atoms with Crippen molar-refractivity contribution >= 4 is 5.97 Å². The molecule has 1 N–H and O–H groups in total. The lowest BCUT2D eigenvalue weighted by Gasteiger charge is -2.02. The molecule has 0 saturated carbocycles. The van der Waals surface area contributed by atoms with E-state index in [9.17, 15) is 13.6 Å². The highest BCUT2D eigenvalue weighted by molar-refractivity contribution is 5.70. The second-order valence-corrected chi connectivity index (χ2v) is 4.91. The fourth-order valence-corrected chi connectivity index (χ4v) is 2.15. The lowest BCUT2D eigenvalue weighted by atomic mass is 10.1. The first-order valence-electron chi connectivity index (χ1n) is 6.72. The van der Waals surface area contributed by atoms with Gasteiger partial charge in [0, 0.05) is 5.56 Å². The van der Waals surface area contributed by atoms with Crippen molar-refractivity contribution in [1.29, 1.82) is 0 Å². The predicted molar refractivity (Wildman–Crippen MR) is 78.1 cm³/mol. The van der Waals surface area contributed by atoms with Gasteiger partial charge in [0.1, 0.15) is 17.3 Å². The number of aromatic nitrogens is 3. The second kappa shape index (κ2) is 5.96. The minimum atomic E-state index is -0.914. The van der Waals surface area contributed by atoms with E-state index < -0.39 is 17.6 Å². The molecule has 0 aliphatic rings. The molecule has 1 aromatic heterocycles. The Morgan fingerprint density at radius 3 is 2.57 bits per heavy atom. The van der Waals surface area contributed by atoms with Crippen LogP contribution in [0.15, 0.2) is 48.7 Å². The summed E-state index contributed by atoms with van der Waals surface area (Å²) in [6.07, 6.45) is 1.40. The van der Waals surface area contributed by atoms with Crippen LogP contribution in [-0.4, -0.2) is 26.1 Å². The Morgan fingerprint density at radius 1 is 1.13 bits per heavy atom. The number of carboxylic acids is 1. The van der Waals surface area contributed by atoms with Crippen LogP contribution in [0.3, 0.4) is 0 Å². The number of aliphatic carboxylic acids is 1. The van der Waals surface area contributed by atoms with Crippen LogP contribution in [0.25, 0.3) is 16.9 Å². The standard InChI is InChI=1S/C16H11F2N3O2/c17-11-3-6-14(18)13(8-11)15-9-21(20-19-15)12-4-1-10(2-5-12)7-16(22)23/h1-6,8-9H,7H2,(H,22,23). The zero-order chi connectivity index (χ0) is 16.4. The van der Waals surface area contributed by atoms with Crippen LogP contribution in [-0.2, 0) is 11.2 Å². The maximum atomic E-state index is 13.7. The zero-order valence-electron chi connectivity index (χ0n) is 11.8. The molecule has 0 atom stereocenters. The number of rotatable bonds is 4. The number of halogens is 2. The third-order valence-electron chi connectivity index (χ3n) is 3.25. The number of carboxylic acid groups (broad SMARTS) is 1. The van der Waals surface area contributed by atoms with E-state index in [0.29, 0.717) is 11.3 Å². The average molecular weight is 315 g/mol. The van der Waals surface area contributed by atoms with Gasteiger partial charge in [-0.1, -0.05) is 17.3 Å². The highest BCUT2D eigenvalue weighted by Gasteiger charge is 2.11. The summed E-state index contributed by atoms with van der Waals surface area (Å²) in [5.41, 5.74) is 1.52. The molecular weight excluding hydrogens is 304 g/mol. The molecule has 7 heteroatoms. The highest BCUT2D eigenvalue weighted by atomic mass is 19.1. The smallest absolute Gasteiger partial charge is 0.307 e. The number of carbonyl (C=O) groups is 1. The predicted octanol–water partition coefficient (Wildman–Crippen LogP) is 2.84. The number of hydrogen-bond donors (Lipinski definition) is 1. The third-order valence-corrected chi connectivity index (χ3v) is 3.25. The molecule has 0 radical (unpaired) electrons. The molecule has 0 saturated heterocycles. The zero-order valence-corrected chi connectivity index (χ0v) is 11.8. The van der Waals surface area contributed by atoms with E-state index >= 15 is 0 Å². The van der Waals surface area contributed by atoms with Crippen LogP contribution in [0.5, 0.6) is 0 Å². The summed E-state index contributed by atoms with van der Waals surface area (Å²) in [6, 6.07) is 9.80. The van der Waals surface area contributed by atoms with Gasteiger partial charge in [-0.15, -0.1) is 5.10 Å². The Labute approximate surface area is 129 Å². The summed E-state index contributed by atoms with van der Waals surface area (Å²) in [6.45, 7) is 0. The van der Waals surface area contributed by atoms with E-state index in [0.717, 1.165) is 18.2 Å². The van der Waals surface area contributed by atoms with Gasteiger partial charge in [0.25, 0.3) is 0 Å². The maximum absolute atomic E-state index is 13.7. The molecule has 116 valence electrons. The van der Waals surface area contributed by atoms with Gasteiger partial charge in [0.15, 0.2) is 0 Å². The van der Waals surface area contributed by atoms with Crippen LogP contribution in [0.4, 0.5) is 8.78 Å². The average Bonchev–Trinajstić information content (AvgIpc) is 2.99. The number of benzene rings is 2. The van der Waals surface area contributed by atoms with E-state index in [1.807, 2.05) is 0 Å². The summed E-state index contributed by atoms with van der Waals surface area (Å²) in [5, 5.41) is 16.5. The van der Waals surface area contributed by atoms with Crippen LogP contribution < -0.4 is 0 Å². The quantitative estimate of drug-likeness (QED) is 0.804. The molecule has 3 rings (SSSR count). The van der Waals surface area contributed by atoms with Crippen LogP contribution >= 0.6 is 0 Å². The summed E-state index contributed by atoms with van der Waals surface area (Å²) in [5.74, 6) is -2.06. The van der Waals surface area contributed by atoms with E-state index in [1.165, 1.54) is 10.9 Å². The van der Waals surface area contributed by atoms with Crippen molar-refractivity contribution in [3.05, 3.63) is 65.9 Å². The van der Waals surface area contributed by atoms with Crippen molar-refractivity contribution in [2.24, 2.45) is 0 Å². The minimum absolute atomic E-state index is 0.0266. The van der Waals surface area contributed by atoms with E-state index in [2.05, 4.69) is 10.3 Å². The number of hydrogen-bond acceptors (Lipinski definition) is 3. The Kier molecular flexibility index (Phi) is 3.84.